The molecule has 0 fully saturated rings. The molecule has 0 bridgehead atoms. The van der Waals surface area contributed by atoms with Gasteiger partial charge >= 0.3 is 0 Å². The minimum atomic E-state index is -0.324. The summed E-state index contributed by atoms with van der Waals surface area (Å²) in [7, 11) is 0. The van der Waals surface area contributed by atoms with Gasteiger partial charge in [-0.1, -0.05) is 26.0 Å². The first kappa shape index (κ1) is 16.8. The topological polar surface area (TPSA) is 66.9 Å². The van der Waals surface area contributed by atoms with Crippen molar-refractivity contribution in [3.05, 3.63) is 51.6 Å². The number of aromatic nitrogens is 2. The summed E-state index contributed by atoms with van der Waals surface area (Å²) >= 11 is 1.38. The standard InChI is InChI=1S/C17H20FN3O2S/c1-3-12(4-2)21-16-14(17(23)20-21)15(24-9-13(22)19-16)10-5-7-11(18)8-6-10/h5-8,12,15H,3-4,9H2,1-2H3,(H,19,22)(H,20,23). The third-order valence-electron chi connectivity index (χ3n) is 4.34. The summed E-state index contributed by atoms with van der Waals surface area (Å²) in [5.41, 5.74) is 1.14. The van der Waals surface area contributed by atoms with E-state index in [4.69, 9.17) is 0 Å². The third-order valence-corrected chi connectivity index (χ3v) is 5.61. The van der Waals surface area contributed by atoms with E-state index in [9.17, 15) is 14.0 Å². The molecule has 7 heteroatoms. The average Bonchev–Trinajstić information content (AvgIpc) is 2.77. The SMILES string of the molecule is CCC(CC)n1[nH]c(=O)c2c1NC(=O)CSC2c1ccc(F)cc1. The molecule has 1 amide bonds. The van der Waals surface area contributed by atoms with E-state index in [-0.39, 0.29) is 34.3 Å². The van der Waals surface area contributed by atoms with E-state index in [2.05, 4.69) is 10.4 Å². The molecule has 0 spiro atoms. The van der Waals surface area contributed by atoms with E-state index in [0.717, 1.165) is 18.4 Å². The molecule has 0 saturated heterocycles. The van der Waals surface area contributed by atoms with Gasteiger partial charge in [0.1, 0.15) is 11.6 Å². The summed E-state index contributed by atoms with van der Waals surface area (Å²) in [6.07, 6.45) is 1.69. The van der Waals surface area contributed by atoms with Crippen molar-refractivity contribution in [1.29, 1.82) is 0 Å². The van der Waals surface area contributed by atoms with Crippen LogP contribution in [0.15, 0.2) is 29.1 Å². The first-order valence-corrected chi connectivity index (χ1v) is 9.11. The number of nitrogens with zero attached hydrogens (tertiary/aromatic N) is 1. The van der Waals surface area contributed by atoms with Crippen LogP contribution in [0.5, 0.6) is 0 Å². The Hall–Kier alpha value is -2.02. The second-order valence-corrected chi connectivity index (χ2v) is 6.93. The van der Waals surface area contributed by atoms with Crippen molar-refractivity contribution in [3.8, 4) is 0 Å². The molecule has 1 aliphatic rings. The predicted molar refractivity (Wildman–Crippen MR) is 94.0 cm³/mol. The number of carbonyl (C=O) groups is 1. The third kappa shape index (κ3) is 3.00. The smallest absolute Gasteiger partial charge is 0.270 e. The Morgan fingerprint density at radius 1 is 1.25 bits per heavy atom. The fourth-order valence-corrected chi connectivity index (χ4v) is 4.20. The van der Waals surface area contributed by atoms with E-state index in [1.54, 1.807) is 16.8 Å². The first-order chi connectivity index (χ1) is 11.5. The Bertz CT molecular complexity index is 793. The maximum Gasteiger partial charge on any atom is 0.270 e. The summed E-state index contributed by atoms with van der Waals surface area (Å²) in [5.74, 6) is 0.330. The second kappa shape index (κ2) is 6.84. The van der Waals surface area contributed by atoms with E-state index >= 15 is 0 Å². The van der Waals surface area contributed by atoms with E-state index in [1.165, 1.54) is 23.9 Å². The van der Waals surface area contributed by atoms with Crippen molar-refractivity contribution < 1.29 is 9.18 Å². The van der Waals surface area contributed by atoms with Crippen LogP contribution in [0.3, 0.4) is 0 Å². The summed E-state index contributed by atoms with van der Waals surface area (Å²) in [5, 5.41) is 5.44. The van der Waals surface area contributed by atoms with Crippen LogP contribution in [-0.2, 0) is 4.79 Å². The maximum atomic E-state index is 13.2. The molecule has 0 aliphatic carbocycles. The monoisotopic (exact) mass is 349 g/mol. The number of H-pyrrole nitrogens is 1. The minimum Gasteiger partial charge on any atom is -0.310 e. The van der Waals surface area contributed by atoms with Gasteiger partial charge in [-0.2, -0.15) is 0 Å². The zero-order chi connectivity index (χ0) is 17.3. The summed E-state index contributed by atoms with van der Waals surface area (Å²) in [4.78, 5) is 24.7. The van der Waals surface area contributed by atoms with Crippen molar-refractivity contribution in [2.45, 2.75) is 38.0 Å². The van der Waals surface area contributed by atoms with Crippen LogP contribution in [0, 0.1) is 5.82 Å². The lowest BCUT2D eigenvalue weighted by atomic mass is 10.1. The highest BCUT2D eigenvalue weighted by Crippen LogP contribution is 2.40. The predicted octanol–water partition coefficient (Wildman–Crippen LogP) is 3.45. The number of carbonyl (C=O) groups excluding carboxylic acids is 1. The number of benzene rings is 1. The van der Waals surface area contributed by atoms with Gasteiger partial charge in [0, 0.05) is 0 Å². The molecular formula is C17H20FN3O2S. The number of fused-ring (bicyclic) bond motifs is 1. The van der Waals surface area contributed by atoms with Crippen molar-refractivity contribution in [1.82, 2.24) is 9.78 Å². The number of anilines is 1. The molecule has 0 radical (unpaired) electrons. The molecule has 2 N–H and O–H groups in total. The number of halogens is 1. The molecule has 2 aromatic rings. The largest absolute Gasteiger partial charge is 0.310 e. The Morgan fingerprint density at radius 3 is 2.54 bits per heavy atom. The van der Waals surface area contributed by atoms with Gasteiger partial charge in [-0.3, -0.25) is 19.4 Å². The highest BCUT2D eigenvalue weighted by Gasteiger charge is 2.31. The number of thioether (sulfide) groups is 1. The van der Waals surface area contributed by atoms with E-state index in [0.29, 0.717) is 11.4 Å². The van der Waals surface area contributed by atoms with Crippen LogP contribution in [-0.4, -0.2) is 21.4 Å². The van der Waals surface area contributed by atoms with Crippen LogP contribution < -0.4 is 10.9 Å². The number of amides is 1. The number of hydrogen-bond donors (Lipinski definition) is 2. The number of rotatable bonds is 4. The van der Waals surface area contributed by atoms with E-state index in [1.807, 2.05) is 13.8 Å². The Balaban J connectivity index is 2.15. The Morgan fingerprint density at radius 2 is 1.92 bits per heavy atom. The van der Waals surface area contributed by atoms with Crippen LogP contribution in [0.2, 0.25) is 0 Å². The van der Waals surface area contributed by atoms with Gasteiger partial charge in [0.05, 0.1) is 22.6 Å². The number of aromatic amines is 1. The Labute approximate surface area is 143 Å². The van der Waals surface area contributed by atoms with Crippen molar-refractivity contribution in [2.24, 2.45) is 0 Å². The quantitative estimate of drug-likeness (QED) is 0.888. The molecule has 1 atom stereocenters. The molecular weight excluding hydrogens is 329 g/mol. The maximum absolute atomic E-state index is 13.2. The average molecular weight is 349 g/mol. The molecule has 1 unspecified atom stereocenters. The summed E-state index contributed by atoms with van der Waals surface area (Å²) < 4.78 is 15.0. The van der Waals surface area contributed by atoms with Gasteiger partial charge < -0.3 is 5.32 Å². The van der Waals surface area contributed by atoms with Crippen LogP contribution in [0.4, 0.5) is 10.2 Å². The molecule has 128 valence electrons. The highest BCUT2D eigenvalue weighted by atomic mass is 32.2. The van der Waals surface area contributed by atoms with Gasteiger partial charge in [0.15, 0.2) is 0 Å². The van der Waals surface area contributed by atoms with E-state index < -0.39 is 0 Å². The minimum absolute atomic E-state index is 0.110. The fraction of sp³-hybridized carbons (Fsp3) is 0.412. The molecule has 1 aliphatic heterocycles. The van der Waals surface area contributed by atoms with Crippen molar-refractivity contribution >= 4 is 23.5 Å². The van der Waals surface area contributed by atoms with Gasteiger partial charge in [-0.15, -0.1) is 11.8 Å². The Kier molecular flexibility index (Phi) is 4.80. The van der Waals surface area contributed by atoms with Crippen LogP contribution in [0.25, 0.3) is 0 Å². The van der Waals surface area contributed by atoms with Crippen LogP contribution >= 0.6 is 11.8 Å². The molecule has 5 nitrogen and oxygen atoms in total. The van der Waals surface area contributed by atoms with Crippen LogP contribution in [0.1, 0.15) is 49.1 Å². The van der Waals surface area contributed by atoms with Gasteiger partial charge in [-0.25, -0.2) is 4.39 Å². The van der Waals surface area contributed by atoms with Gasteiger partial charge in [-0.05, 0) is 30.5 Å². The fourth-order valence-electron chi connectivity index (χ4n) is 3.07. The summed E-state index contributed by atoms with van der Waals surface area (Å²) in [6, 6.07) is 6.20. The van der Waals surface area contributed by atoms with Crippen molar-refractivity contribution in [2.75, 3.05) is 11.1 Å². The summed E-state index contributed by atoms with van der Waals surface area (Å²) in [6.45, 7) is 4.09. The number of hydrogen-bond acceptors (Lipinski definition) is 3. The zero-order valence-corrected chi connectivity index (χ0v) is 14.5. The normalized spacial score (nSPS) is 17.5. The molecule has 0 saturated carbocycles. The van der Waals surface area contributed by atoms with Crippen molar-refractivity contribution in [3.63, 3.8) is 0 Å². The second-order valence-electron chi connectivity index (χ2n) is 5.83. The molecule has 1 aromatic carbocycles. The first-order valence-electron chi connectivity index (χ1n) is 8.06. The van der Waals surface area contributed by atoms with Gasteiger partial charge in [0.25, 0.3) is 5.56 Å². The molecule has 2 heterocycles. The number of nitrogens with one attached hydrogen (secondary N) is 2. The zero-order valence-electron chi connectivity index (χ0n) is 13.6. The van der Waals surface area contributed by atoms with Gasteiger partial charge in [0.2, 0.25) is 5.91 Å². The molecule has 1 aromatic heterocycles. The highest BCUT2D eigenvalue weighted by molar-refractivity contribution is 8.00. The molecule has 24 heavy (non-hydrogen) atoms. The lowest BCUT2D eigenvalue weighted by Crippen LogP contribution is -2.19. The lowest BCUT2D eigenvalue weighted by molar-refractivity contribution is -0.113. The molecule has 3 rings (SSSR count). The lowest BCUT2D eigenvalue weighted by Gasteiger charge is -2.18.